The molecule has 0 unspecified atom stereocenters. The zero-order chi connectivity index (χ0) is 12.3. The van der Waals surface area contributed by atoms with Gasteiger partial charge in [0.25, 0.3) is 0 Å². The Kier molecular flexibility index (Phi) is 4.26. The Morgan fingerprint density at radius 1 is 1.47 bits per heavy atom. The highest BCUT2D eigenvalue weighted by Gasteiger charge is 2.35. The molecule has 2 rings (SSSR count). The molecular formula is C13H17BrO2S. The van der Waals surface area contributed by atoms with Crippen LogP contribution in [0.25, 0.3) is 0 Å². The first-order valence-corrected chi connectivity index (χ1v) is 7.72. The van der Waals surface area contributed by atoms with Crippen molar-refractivity contribution in [1.82, 2.24) is 0 Å². The van der Waals surface area contributed by atoms with E-state index >= 15 is 0 Å². The molecule has 0 spiro atoms. The Bertz CT molecular complexity index is 394. The first kappa shape index (κ1) is 13.1. The Morgan fingerprint density at radius 3 is 2.71 bits per heavy atom. The van der Waals surface area contributed by atoms with E-state index in [1.54, 1.807) is 11.3 Å². The molecule has 0 aromatic carbocycles. The van der Waals surface area contributed by atoms with Crippen molar-refractivity contribution in [2.45, 2.75) is 44.9 Å². The second kappa shape index (κ2) is 5.53. The van der Waals surface area contributed by atoms with Gasteiger partial charge in [-0.15, -0.1) is 11.3 Å². The number of carboxylic acids is 1. The van der Waals surface area contributed by atoms with Gasteiger partial charge >= 0.3 is 5.97 Å². The van der Waals surface area contributed by atoms with Gasteiger partial charge in [0.1, 0.15) is 0 Å². The van der Waals surface area contributed by atoms with E-state index in [0.717, 1.165) is 25.7 Å². The number of thiophene rings is 1. The lowest BCUT2D eigenvalue weighted by Crippen LogP contribution is -2.21. The lowest BCUT2D eigenvalue weighted by atomic mass is 9.78. The molecule has 4 heteroatoms. The van der Waals surface area contributed by atoms with Crippen LogP contribution in [0.3, 0.4) is 0 Å². The minimum Gasteiger partial charge on any atom is -0.481 e. The molecule has 1 aliphatic carbocycles. The molecule has 17 heavy (non-hydrogen) atoms. The fourth-order valence-corrected chi connectivity index (χ4v) is 4.40. The maximum absolute atomic E-state index is 11.0. The van der Waals surface area contributed by atoms with Crippen LogP contribution >= 0.6 is 27.3 Å². The van der Waals surface area contributed by atoms with Crippen molar-refractivity contribution in [3.63, 3.8) is 0 Å². The quantitative estimate of drug-likeness (QED) is 0.869. The van der Waals surface area contributed by atoms with Gasteiger partial charge in [0.2, 0.25) is 0 Å². The van der Waals surface area contributed by atoms with Gasteiger partial charge in [-0.2, -0.15) is 0 Å². The highest BCUT2D eigenvalue weighted by atomic mass is 79.9. The van der Waals surface area contributed by atoms with Crippen molar-refractivity contribution < 1.29 is 9.90 Å². The average molecular weight is 317 g/mol. The van der Waals surface area contributed by atoms with Crippen molar-refractivity contribution in [1.29, 1.82) is 0 Å². The van der Waals surface area contributed by atoms with Gasteiger partial charge in [0.15, 0.2) is 0 Å². The SMILES string of the molecule is O=C(O)CC1(CCc2sccc2Br)CCCC1. The minimum atomic E-state index is -0.642. The lowest BCUT2D eigenvalue weighted by Gasteiger charge is -2.26. The molecule has 0 amide bonds. The van der Waals surface area contributed by atoms with E-state index in [2.05, 4.69) is 27.4 Å². The summed E-state index contributed by atoms with van der Waals surface area (Å²) in [5, 5.41) is 11.1. The fraction of sp³-hybridized carbons (Fsp3) is 0.615. The van der Waals surface area contributed by atoms with Crippen molar-refractivity contribution >= 4 is 33.2 Å². The molecule has 94 valence electrons. The van der Waals surface area contributed by atoms with Crippen molar-refractivity contribution in [2.24, 2.45) is 5.41 Å². The molecule has 0 atom stereocenters. The Labute approximate surface area is 114 Å². The monoisotopic (exact) mass is 316 g/mol. The zero-order valence-electron chi connectivity index (χ0n) is 9.75. The predicted octanol–water partition coefficient (Wildman–Crippen LogP) is 4.48. The number of aliphatic carboxylic acids is 1. The molecule has 1 saturated carbocycles. The first-order valence-electron chi connectivity index (χ1n) is 6.05. The van der Waals surface area contributed by atoms with Crippen molar-refractivity contribution in [2.75, 3.05) is 0 Å². The van der Waals surface area contributed by atoms with E-state index < -0.39 is 5.97 Å². The smallest absolute Gasteiger partial charge is 0.303 e. The van der Waals surface area contributed by atoms with Gasteiger partial charge in [-0.05, 0) is 58.5 Å². The van der Waals surface area contributed by atoms with Gasteiger partial charge in [-0.3, -0.25) is 4.79 Å². The first-order chi connectivity index (χ1) is 8.11. The predicted molar refractivity (Wildman–Crippen MR) is 73.5 cm³/mol. The topological polar surface area (TPSA) is 37.3 Å². The molecule has 1 aromatic heterocycles. The highest BCUT2D eigenvalue weighted by molar-refractivity contribution is 9.10. The molecule has 1 heterocycles. The molecule has 0 aliphatic heterocycles. The van der Waals surface area contributed by atoms with Crippen LogP contribution in [0.5, 0.6) is 0 Å². The second-order valence-corrected chi connectivity index (χ2v) is 6.82. The van der Waals surface area contributed by atoms with Gasteiger partial charge in [0, 0.05) is 9.35 Å². The third-order valence-corrected chi connectivity index (χ3v) is 5.75. The molecule has 0 radical (unpaired) electrons. The summed E-state index contributed by atoms with van der Waals surface area (Å²) in [6, 6.07) is 2.07. The number of rotatable bonds is 5. The summed E-state index contributed by atoms with van der Waals surface area (Å²) in [4.78, 5) is 12.3. The summed E-state index contributed by atoms with van der Waals surface area (Å²) in [5.74, 6) is -0.642. The van der Waals surface area contributed by atoms with Crippen LogP contribution in [0.2, 0.25) is 0 Å². The average Bonchev–Trinajstić information content (AvgIpc) is 2.85. The molecule has 1 N–H and O–H groups in total. The zero-order valence-corrected chi connectivity index (χ0v) is 12.1. The number of hydrogen-bond donors (Lipinski definition) is 1. The summed E-state index contributed by atoms with van der Waals surface area (Å²) in [6.45, 7) is 0. The molecule has 2 nitrogen and oxygen atoms in total. The Morgan fingerprint density at radius 2 is 2.18 bits per heavy atom. The largest absolute Gasteiger partial charge is 0.481 e. The summed E-state index contributed by atoms with van der Waals surface area (Å²) in [5.41, 5.74) is 0.0647. The number of hydrogen-bond acceptors (Lipinski definition) is 2. The van der Waals surface area contributed by atoms with Gasteiger partial charge in [-0.1, -0.05) is 12.8 Å². The maximum atomic E-state index is 11.0. The van der Waals surface area contributed by atoms with Gasteiger partial charge < -0.3 is 5.11 Å². The third-order valence-electron chi connectivity index (χ3n) is 3.76. The van der Waals surface area contributed by atoms with Crippen LogP contribution in [-0.2, 0) is 11.2 Å². The van der Waals surface area contributed by atoms with Crippen LogP contribution in [-0.4, -0.2) is 11.1 Å². The highest BCUT2D eigenvalue weighted by Crippen LogP contribution is 2.45. The molecule has 0 saturated heterocycles. The summed E-state index contributed by atoms with van der Waals surface area (Å²) in [6.07, 6.45) is 6.92. The Balaban J connectivity index is 1.99. The van der Waals surface area contributed by atoms with E-state index in [9.17, 15) is 4.79 Å². The lowest BCUT2D eigenvalue weighted by molar-refractivity contribution is -0.139. The summed E-state index contributed by atoms with van der Waals surface area (Å²) >= 11 is 5.29. The minimum absolute atomic E-state index is 0.0647. The number of halogens is 1. The number of carbonyl (C=O) groups is 1. The normalized spacial score (nSPS) is 18.4. The van der Waals surface area contributed by atoms with Crippen LogP contribution < -0.4 is 0 Å². The second-order valence-electron chi connectivity index (χ2n) is 4.97. The van der Waals surface area contributed by atoms with E-state index in [0.29, 0.717) is 6.42 Å². The molecular weight excluding hydrogens is 300 g/mol. The molecule has 0 bridgehead atoms. The van der Waals surface area contributed by atoms with E-state index in [4.69, 9.17) is 5.11 Å². The van der Waals surface area contributed by atoms with Crippen LogP contribution in [0.1, 0.15) is 43.4 Å². The van der Waals surface area contributed by atoms with E-state index in [-0.39, 0.29) is 5.41 Å². The standard InChI is InChI=1S/C13H17BrO2S/c14-10-4-8-17-11(10)3-7-13(9-12(15)16)5-1-2-6-13/h4,8H,1-3,5-7,9H2,(H,15,16). The van der Waals surface area contributed by atoms with E-state index in [1.807, 2.05) is 0 Å². The van der Waals surface area contributed by atoms with Crippen LogP contribution in [0.15, 0.2) is 15.9 Å². The van der Waals surface area contributed by atoms with E-state index in [1.165, 1.54) is 22.2 Å². The Hall–Kier alpha value is -0.350. The third kappa shape index (κ3) is 3.32. The van der Waals surface area contributed by atoms with Crippen LogP contribution in [0.4, 0.5) is 0 Å². The van der Waals surface area contributed by atoms with Crippen molar-refractivity contribution in [3.05, 3.63) is 20.8 Å². The number of carboxylic acid groups (broad SMARTS) is 1. The molecule has 1 aromatic rings. The van der Waals surface area contributed by atoms with Gasteiger partial charge in [0.05, 0.1) is 6.42 Å². The molecule has 1 fully saturated rings. The fourth-order valence-electron chi connectivity index (χ4n) is 2.84. The maximum Gasteiger partial charge on any atom is 0.303 e. The number of aryl methyl sites for hydroxylation is 1. The van der Waals surface area contributed by atoms with Crippen molar-refractivity contribution in [3.8, 4) is 0 Å². The summed E-state index contributed by atoms with van der Waals surface area (Å²) < 4.78 is 1.17. The summed E-state index contributed by atoms with van der Waals surface area (Å²) in [7, 11) is 0. The van der Waals surface area contributed by atoms with Crippen LogP contribution in [0, 0.1) is 5.41 Å². The van der Waals surface area contributed by atoms with Gasteiger partial charge in [-0.25, -0.2) is 0 Å². The molecule has 1 aliphatic rings.